The van der Waals surface area contributed by atoms with Gasteiger partial charge in [0.15, 0.2) is 23.0 Å². The number of hydrogen-bond donors (Lipinski definition) is 1. The van der Waals surface area contributed by atoms with Crippen molar-refractivity contribution in [3.8, 4) is 22.8 Å². The van der Waals surface area contributed by atoms with E-state index in [1.54, 1.807) is 32.4 Å². The topological polar surface area (TPSA) is 73.6 Å². The lowest BCUT2D eigenvalue weighted by Crippen LogP contribution is -2.32. The fourth-order valence-electron chi connectivity index (χ4n) is 1.91. The molecule has 0 unspecified atom stereocenters. The minimum atomic E-state index is -0.246. The summed E-state index contributed by atoms with van der Waals surface area (Å²) in [7, 11) is 3.14. The first-order valence-corrected chi connectivity index (χ1v) is 7.09. The zero-order valence-electron chi connectivity index (χ0n) is 13.2. The van der Waals surface area contributed by atoms with Crippen LogP contribution in [0.25, 0.3) is 11.3 Å². The van der Waals surface area contributed by atoms with Gasteiger partial charge in [-0.05, 0) is 31.5 Å². The maximum Gasteiger partial charge on any atom is 0.273 e. The molecule has 0 spiro atoms. The number of nitrogens with one attached hydrogen (secondary N) is 1. The first-order valence-electron chi connectivity index (χ1n) is 7.09. The Bertz CT molecular complexity index is 651. The van der Waals surface area contributed by atoms with E-state index in [9.17, 15) is 4.79 Å². The number of aromatic nitrogens is 1. The molecule has 22 heavy (non-hydrogen) atoms. The Hall–Kier alpha value is -2.50. The number of rotatable bonds is 6. The molecule has 0 bridgehead atoms. The highest BCUT2D eigenvalue weighted by Crippen LogP contribution is 2.32. The van der Waals surface area contributed by atoms with E-state index in [-0.39, 0.29) is 17.6 Å². The first kappa shape index (κ1) is 15.9. The van der Waals surface area contributed by atoms with Crippen molar-refractivity contribution in [2.75, 3.05) is 14.2 Å². The van der Waals surface area contributed by atoms with Crippen LogP contribution in [-0.2, 0) is 0 Å². The van der Waals surface area contributed by atoms with Gasteiger partial charge in [-0.15, -0.1) is 0 Å². The Morgan fingerprint density at radius 1 is 1.27 bits per heavy atom. The van der Waals surface area contributed by atoms with E-state index < -0.39 is 0 Å². The first-order chi connectivity index (χ1) is 10.6. The molecule has 6 heteroatoms. The third-order valence-electron chi connectivity index (χ3n) is 3.40. The molecular weight excluding hydrogens is 284 g/mol. The van der Waals surface area contributed by atoms with Gasteiger partial charge in [0, 0.05) is 17.7 Å². The number of ether oxygens (including phenoxy) is 2. The van der Waals surface area contributed by atoms with Crippen molar-refractivity contribution in [2.24, 2.45) is 0 Å². The second-order valence-corrected chi connectivity index (χ2v) is 4.93. The second-order valence-electron chi connectivity index (χ2n) is 4.93. The van der Waals surface area contributed by atoms with Crippen LogP contribution < -0.4 is 14.8 Å². The molecule has 0 aliphatic rings. The van der Waals surface area contributed by atoms with Crippen LogP contribution in [-0.4, -0.2) is 31.3 Å². The number of nitrogens with zero attached hydrogens (tertiary/aromatic N) is 1. The van der Waals surface area contributed by atoms with Gasteiger partial charge in [-0.3, -0.25) is 4.79 Å². The lowest BCUT2D eigenvalue weighted by molar-refractivity contribution is 0.0930. The standard InChI is InChI=1S/C16H20N2O4/c1-5-10(2)17-16(19)12-9-14(22-18-12)11-6-7-13(20-3)15(8-11)21-4/h6-10H,5H2,1-4H3,(H,17,19)/t10-/m0/s1. The summed E-state index contributed by atoms with van der Waals surface area (Å²) in [5, 5.41) is 6.66. The summed E-state index contributed by atoms with van der Waals surface area (Å²) in [4.78, 5) is 12.0. The highest BCUT2D eigenvalue weighted by atomic mass is 16.5. The fourth-order valence-corrected chi connectivity index (χ4v) is 1.91. The van der Waals surface area contributed by atoms with Gasteiger partial charge in [0.05, 0.1) is 14.2 Å². The minimum Gasteiger partial charge on any atom is -0.493 e. The molecule has 1 atom stereocenters. The van der Waals surface area contributed by atoms with Gasteiger partial charge in [-0.1, -0.05) is 12.1 Å². The maximum atomic E-state index is 12.0. The number of amides is 1. The van der Waals surface area contributed by atoms with Crippen LogP contribution in [0, 0.1) is 0 Å². The lowest BCUT2D eigenvalue weighted by Gasteiger charge is -2.08. The van der Waals surface area contributed by atoms with Gasteiger partial charge in [0.1, 0.15) is 0 Å². The van der Waals surface area contributed by atoms with Crippen LogP contribution in [0.1, 0.15) is 30.8 Å². The summed E-state index contributed by atoms with van der Waals surface area (Å²) in [5.41, 5.74) is 1.01. The van der Waals surface area contributed by atoms with Gasteiger partial charge in [0.25, 0.3) is 5.91 Å². The second kappa shape index (κ2) is 6.98. The van der Waals surface area contributed by atoms with Gasteiger partial charge in [-0.25, -0.2) is 0 Å². The van der Waals surface area contributed by atoms with E-state index in [2.05, 4.69) is 10.5 Å². The monoisotopic (exact) mass is 304 g/mol. The molecule has 1 amide bonds. The van der Waals surface area contributed by atoms with Gasteiger partial charge in [-0.2, -0.15) is 0 Å². The summed E-state index contributed by atoms with van der Waals surface area (Å²) in [6.07, 6.45) is 0.853. The van der Waals surface area contributed by atoms with Gasteiger partial charge < -0.3 is 19.3 Å². The molecule has 0 fully saturated rings. The number of benzene rings is 1. The average molecular weight is 304 g/mol. The molecule has 0 saturated carbocycles. The molecule has 6 nitrogen and oxygen atoms in total. The Balaban J connectivity index is 2.22. The molecule has 0 aliphatic carbocycles. The summed E-state index contributed by atoms with van der Waals surface area (Å²) in [5.74, 6) is 1.46. The SMILES string of the molecule is CC[C@H](C)NC(=O)c1cc(-c2ccc(OC)c(OC)c2)on1. The van der Waals surface area contributed by atoms with E-state index in [1.165, 1.54) is 0 Å². The van der Waals surface area contributed by atoms with Crippen molar-refractivity contribution < 1.29 is 18.8 Å². The van der Waals surface area contributed by atoms with Crippen molar-refractivity contribution in [3.63, 3.8) is 0 Å². The predicted molar refractivity (Wildman–Crippen MR) is 82.3 cm³/mol. The molecule has 2 aromatic rings. The normalized spacial score (nSPS) is 11.8. The molecule has 0 aliphatic heterocycles. The van der Waals surface area contributed by atoms with Crippen LogP contribution in [0.2, 0.25) is 0 Å². The van der Waals surface area contributed by atoms with Crippen LogP contribution >= 0.6 is 0 Å². The Kier molecular flexibility index (Phi) is 5.04. The summed E-state index contributed by atoms with van der Waals surface area (Å²) in [6.45, 7) is 3.94. The molecule has 1 aromatic heterocycles. The van der Waals surface area contributed by atoms with Crippen LogP contribution in [0.5, 0.6) is 11.5 Å². The zero-order chi connectivity index (χ0) is 16.1. The summed E-state index contributed by atoms with van der Waals surface area (Å²) in [6, 6.07) is 7.07. The Labute approximate surface area is 129 Å². The molecule has 1 aromatic carbocycles. The van der Waals surface area contributed by atoms with Crippen molar-refractivity contribution in [3.05, 3.63) is 30.0 Å². The lowest BCUT2D eigenvalue weighted by atomic mass is 10.1. The van der Waals surface area contributed by atoms with Gasteiger partial charge >= 0.3 is 0 Å². The van der Waals surface area contributed by atoms with Gasteiger partial charge in [0.2, 0.25) is 0 Å². The van der Waals surface area contributed by atoms with E-state index in [0.29, 0.717) is 17.3 Å². The summed E-state index contributed by atoms with van der Waals surface area (Å²) >= 11 is 0. The molecule has 118 valence electrons. The summed E-state index contributed by atoms with van der Waals surface area (Å²) < 4.78 is 15.7. The maximum absolute atomic E-state index is 12.0. The number of methoxy groups -OCH3 is 2. The Morgan fingerprint density at radius 3 is 2.64 bits per heavy atom. The highest BCUT2D eigenvalue weighted by molar-refractivity contribution is 5.93. The molecule has 1 N–H and O–H groups in total. The third-order valence-corrected chi connectivity index (χ3v) is 3.40. The number of carbonyl (C=O) groups excluding carboxylic acids is 1. The smallest absolute Gasteiger partial charge is 0.273 e. The van der Waals surface area contributed by atoms with E-state index in [4.69, 9.17) is 14.0 Å². The third kappa shape index (κ3) is 3.39. The molecule has 0 radical (unpaired) electrons. The quantitative estimate of drug-likeness (QED) is 0.888. The molecular formula is C16H20N2O4. The van der Waals surface area contributed by atoms with Crippen molar-refractivity contribution in [1.82, 2.24) is 10.5 Å². The number of carbonyl (C=O) groups is 1. The Morgan fingerprint density at radius 2 is 2.00 bits per heavy atom. The van der Waals surface area contributed by atoms with Crippen molar-refractivity contribution in [1.29, 1.82) is 0 Å². The van der Waals surface area contributed by atoms with E-state index in [0.717, 1.165) is 12.0 Å². The number of hydrogen-bond acceptors (Lipinski definition) is 5. The van der Waals surface area contributed by atoms with Crippen molar-refractivity contribution in [2.45, 2.75) is 26.3 Å². The van der Waals surface area contributed by atoms with Crippen LogP contribution in [0.3, 0.4) is 0 Å². The van der Waals surface area contributed by atoms with E-state index >= 15 is 0 Å². The predicted octanol–water partition coefficient (Wildman–Crippen LogP) is 2.89. The van der Waals surface area contributed by atoms with Crippen LogP contribution in [0.15, 0.2) is 28.8 Å². The van der Waals surface area contributed by atoms with E-state index in [1.807, 2.05) is 19.9 Å². The molecule has 0 saturated heterocycles. The molecule has 1 heterocycles. The largest absolute Gasteiger partial charge is 0.493 e. The average Bonchev–Trinajstić information content (AvgIpc) is 3.04. The molecule has 2 rings (SSSR count). The fraction of sp³-hybridized carbons (Fsp3) is 0.375. The highest BCUT2D eigenvalue weighted by Gasteiger charge is 2.16. The minimum absolute atomic E-state index is 0.0914. The zero-order valence-corrected chi connectivity index (χ0v) is 13.2. The van der Waals surface area contributed by atoms with Crippen LogP contribution in [0.4, 0.5) is 0 Å². The van der Waals surface area contributed by atoms with Crippen molar-refractivity contribution >= 4 is 5.91 Å².